The molecule has 2 rings (SSSR count). The molecule has 2 aromatic rings. The second-order valence-corrected chi connectivity index (χ2v) is 4.91. The SMILES string of the molecule is CC(CNCc1ccc(Cl)o1)c1nccs1. The second-order valence-electron chi connectivity index (χ2n) is 3.61. The third-order valence-electron chi connectivity index (χ3n) is 2.25. The Bertz CT molecular complexity index is 427. The van der Waals surface area contributed by atoms with Gasteiger partial charge in [-0.15, -0.1) is 11.3 Å². The van der Waals surface area contributed by atoms with E-state index in [1.165, 1.54) is 0 Å². The summed E-state index contributed by atoms with van der Waals surface area (Å²) in [5.41, 5.74) is 0. The fraction of sp³-hybridized carbons (Fsp3) is 0.364. The lowest BCUT2D eigenvalue weighted by Gasteiger charge is -2.08. The number of halogens is 1. The molecule has 2 heterocycles. The Kier molecular flexibility index (Phi) is 3.98. The Hall–Kier alpha value is -0.840. The van der Waals surface area contributed by atoms with E-state index in [0.717, 1.165) is 17.3 Å². The summed E-state index contributed by atoms with van der Waals surface area (Å²) >= 11 is 7.37. The molecule has 2 aromatic heterocycles. The molecule has 1 atom stereocenters. The molecular formula is C11H13ClN2OS. The zero-order valence-corrected chi connectivity index (χ0v) is 10.5. The molecule has 0 aliphatic carbocycles. The lowest BCUT2D eigenvalue weighted by atomic mass is 10.2. The van der Waals surface area contributed by atoms with Gasteiger partial charge in [0, 0.05) is 24.0 Å². The minimum Gasteiger partial charge on any atom is -0.448 e. The van der Waals surface area contributed by atoms with Crippen LogP contribution in [0.4, 0.5) is 0 Å². The van der Waals surface area contributed by atoms with E-state index in [0.29, 0.717) is 17.7 Å². The van der Waals surface area contributed by atoms with Crippen molar-refractivity contribution < 1.29 is 4.42 Å². The van der Waals surface area contributed by atoms with Crippen molar-refractivity contribution in [3.8, 4) is 0 Å². The summed E-state index contributed by atoms with van der Waals surface area (Å²) in [7, 11) is 0. The summed E-state index contributed by atoms with van der Waals surface area (Å²) in [6.45, 7) is 3.73. The smallest absolute Gasteiger partial charge is 0.193 e. The van der Waals surface area contributed by atoms with Crippen molar-refractivity contribution in [1.29, 1.82) is 0 Å². The molecule has 0 aliphatic heterocycles. The van der Waals surface area contributed by atoms with Crippen LogP contribution >= 0.6 is 22.9 Å². The standard InChI is InChI=1S/C11H13ClN2OS/c1-8(11-14-4-5-16-11)6-13-7-9-2-3-10(12)15-9/h2-5,8,13H,6-7H2,1H3. The minimum atomic E-state index is 0.422. The molecule has 0 amide bonds. The first-order valence-electron chi connectivity index (χ1n) is 5.10. The van der Waals surface area contributed by atoms with E-state index >= 15 is 0 Å². The molecule has 0 bridgehead atoms. The van der Waals surface area contributed by atoms with Crippen molar-refractivity contribution in [2.24, 2.45) is 0 Å². The summed E-state index contributed by atoms with van der Waals surface area (Å²) in [5.74, 6) is 1.28. The lowest BCUT2D eigenvalue weighted by molar-refractivity contribution is 0.478. The van der Waals surface area contributed by atoms with E-state index < -0.39 is 0 Å². The maximum absolute atomic E-state index is 5.68. The zero-order chi connectivity index (χ0) is 11.4. The maximum Gasteiger partial charge on any atom is 0.193 e. The van der Waals surface area contributed by atoms with Gasteiger partial charge in [0.1, 0.15) is 5.76 Å². The third kappa shape index (κ3) is 3.07. The molecule has 3 nitrogen and oxygen atoms in total. The van der Waals surface area contributed by atoms with Crippen LogP contribution in [0.3, 0.4) is 0 Å². The molecule has 0 spiro atoms. The Morgan fingerprint density at radius 1 is 1.56 bits per heavy atom. The quantitative estimate of drug-likeness (QED) is 0.892. The third-order valence-corrected chi connectivity index (χ3v) is 3.46. The first kappa shape index (κ1) is 11.6. The van der Waals surface area contributed by atoms with Gasteiger partial charge in [-0.2, -0.15) is 0 Å². The highest BCUT2D eigenvalue weighted by Crippen LogP contribution is 2.17. The topological polar surface area (TPSA) is 38.1 Å². The molecule has 0 fully saturated rings. The number of hydrogen-bond acceptors (Lipinski definition) is 4. The normalized spacial score (nSPS) is 12.9. The summed E-state index contributed by atoms with van der Waals surface area (Å²) in [4.78, 5) is 4.28. The average Bonchev–Trinajstić information content (AvgIpc) is 2.89. The first-order valence-corrected chi connectivity index (χ1v) is 6.36. The van der Waals surface area contributed by atoms with E-state index in [4.69, 9.17) is 16.0 Å². The van der Waals surface area contributed by atoms with Gasteiger partial charge >= 0.3 is 0 Å². The molecular weight excluding hydrogens is 244 g/mol. The van der Waals surface area contributed by atoms with Gasteiger partial charge in [0.25, 0.3) is 0 Å². The van der Waals surface area contributed by atoms with Gasteiger partial charge in [-0.25, -0.2) is 4.98 Å². The molecule has 1 N–H and O–H groups in total. The highest BCUT2D eigenvalue weighted by atomic mass is 35.5. The summed E-state index contributed by atoms with van der Waals surface area (Å²) in [6.07, 6.45) is 1.84. The van der Waals surface area contributed by atoms with E-state index in [9.17, 15) is 0 Å². The van der Waals surface area contributed by atoms with Crippen LogP contribution in [0.25, 0.3) is 0 Å². The Labute approximate surface area is 103 Å². The van der Waals surface area contributed by atoms with E-state index in [2.05, 4.69) is 17.2 Å². The van der Waals surface area contributed by atoms with Crippen LogP contribution in [0.5, 0.6) is 0 Å². The van der Waals surface area contributed by atoms with Crippen molar-refractivity contribution in [2.45, 2.75) is 19.4 Å². The van der Waals surface area contributed by atoms with Gasteiger partial charge in [0.2, 0.25) is 0 Å². The second kappa shape index (κ2) is 5.48. The Morgan fingerprint density at radius 3 is 3.06 bits per heavy atom. The van der Waals surface area contributed by atoms with Crippen molar-refractivity contribution >= 4 is 22.9 Å². The van der Waals surface area contributed by atoms with Crippen LogP contribution in [0.2, 0.25) is 5.22 Å². The molecule has 0 radical (unpaired) electrons. The Morgan fingerprint density at radius 2 is 2.44 bits per heavy atom. The molecule has 0 aliphatic rings. The van der Waals surface area contributed by atoms with E-state index in [-0.39, 0.29) is 0 Å². The molecule has 0 saturated heterocycles. The van der Waals surface area contributed by atoms with Crippen molar-refractivity contribution in [3.63, 3.8) is 0 Å². The molecule has 86 valence electrons. The van der Waals surface area contributed by atoms with Gasteiger partial charge < -0.3 is 9.73 Å². The minimum absolute atomic E-state index is 0.422. The van der Waals surface area contributed by atoms with Crippen molar-refractivity contribution in [2.75, 3.05) is 6.54 Å². The lowest BCUT2D eigenvalue weighted by Crippen LogP contribution is -2.19. The van der Waals surface area contributed by atoms with E-state index in [1.807, 2.05) is 17.6 Å². The monoisotopic (exact) mass is 256 g/mol. The van der Waals surface area contributed by atoms with Crippen LogP contribution in [0.15, 0.2) is 28.1 Å². The zero-order valence-electron chi connectivity index (χ0n) is 8.94. The fourth-order valence-corrected chi connectivity index (χ4v) is 2.28. The van der Waals surface area contributed by atoms with Gasteiger partial charge in [0.05, 0.1) is 11.6 Å². The number of thiazole rings is 1. The van der Waals surface area contributed by atoms with Crippen LogP contribution in [-0.4, -0.2) is 11.5 Å². The summed E-state index contributed by atoms with van der Waals surface area (Å²) in [5, 5.41) is 6.91. The van der Waals surface area contributed by atoms with Crippen LogP contribution in [0.1, 0.15) is 23.6 Å². The summed E-state index contributed by atoms with van der Waals surface area (Å²) < 4.78 is 5.25. The number of rotatable bonds is 5. The largest absolute Gasteiger partial charge is 0.448 e. The predicted molar refractivity (Wildman–Crippen MR) is 66.0 cm³/mol. The summed E-state index contributed by atoms with van der Waals surface area (Å²) in [6, 6.07) is 3.63. The average molecular weight is 257 g/mol. The van der Waals surface area contributed by atoms with Crippen LogP contribution < -0.4 is 5.32 Å². The van der Waals surface area contributed by atoms with Crippen molar-refractivity contribution in [1.82, 2.24) is 10.3 Å². The molecule has 0 saturated carbocycles. The van der Waals surface area contributed by atoms with Crippen molar-refractivity contribution in [3.05, 3.63) is 39.7 Å². The van der Waals surface area contributed by atoms with Gasteiger partial charge in [-0.05, 0) is 23.7 Å². The Balaban J connectivity index is 1.76. The van der Waals surface area contributed by atoms with Gasteiger partial charge in [-0.1, -0.05) is 6.92 Å². The maximum atomic E-state index is 5.68. The van der Waals surface area contributed by atoms with Crippen LogP contribution in [-0.2, 0) is 6.54 Å². The van der Waals surface area contributed by atoms with E-state index in [1.54, 1.807) is 17.4 Å². The number of nitrogens with zero attached hydrogens (tertiary/aromatic N) is 1. The first-order chi connectivity index (χ1) is 7.75. The highest BCUT2D eigenvalue weighted by molar-refractivity contribution is 7.09. The molecule has 5 heteroatoms. The molecule has 1 unspecified atom stereocenters. The van der Waals surface area contributed by atoms with Gasteiger partial charge in [-0.3, -0.25) is 0 Å². The molecule has 16 heavy (non-hydrogen) atoms. The number of nitrogens with one attached hydrogen (secondary N) is 1. The highest BCUT2D eigenvalue weighted by Gasteiger charge is 2.07. The number of aromatic nitrogens is 1. The predicted octanol–water partition coefficient (Wildman–Crippen LogP) is 3.28. The fourth-order valence-electron chi connectivity index (χ4n) is 1.42. The number of furan rings is 1. The van der Waals surface area contributed by atoms with Crippen LogP contribution in [0, 0.1) is 0 Å². The molecule has 0 aromatic carbocycles. The van der Waals surface area contributed by atoms with Gasteiger partial charge in [0.15, 0.2) is 5.22 Å². The number of hydrogen-bond donors (Lipinski definition) is 1.